The smallest absolute Gasteiger partial charge is 0.105 e. The van der Waals surface area contributed by atoms with Crippen LogP contribution in [0.4, 0.5) is 0 Å². The highest BCUT2D eigenvalue weighted by molar-refractivity contribution is 7.20. The predicted octanol–water partition coefficient (Wildman–Crippen LogP) is 2.73. The van der Waals surface area contributed by atoms with Gasteiger partial charge in [-0.15, -0.1) is 11.3 Å². The zero-order chi connectivity index (χ0) is 9.14. The highest BCUT2D eigenvalue weighted by Gasteiger charge is 2.14. The lowest BCUT2D eigenvalue weighted by molar-refractivity contribution is 0.0647. The predicted molar refractivity (Wildman–Crippen MR) is 51.2 cm³/mol. The van der Waals surface area contributed by atoms with Crippen LogP contribution in [0.2, 0.25) is 8.67 Å². The summed E-state index contributed by atoms with van der Waals surface area (Å²) >= 11 is 12.7. The molecule has 0 saturated carbocycles. The summed E-state index contributed by atoms with van der Waals surface area (Å²) in [4.78, 5) is 0. The van der Waals surface area contributed by atoms with E-state index in [-0.39, 0.29) is 6.61 Å². The van der Waals surface area contributed by atoms with E-state index in [4.69, 9.17) is 27.9 Å². The second-order valence-electron chi connectivity index (χ2n) is 2.25. The van der Waals surface area contributed by atoms with Crippen LogP contribution in [0.1, 0.15) is 11.7 Å². The van der Waals surface area contributed by atoms with E-state index in [0.717, 1.165) is 0 Å². The van der Waals surface area contributed by atoms with E-state index in [9.17, 15) is 5.11 Å². The number of hydrogen-bond acceptors (Lipinski definition) is 3. The molecule has 1 heterocycles. The molecule has 1 N–H and O–H groups in total. The molecule has 0 aliphatic carbocycles. The molecular formula is C7H8Cl2O2S. The van der Waals surface area contributed by atoms with E-state index in [1.807, 2.05) is 0 Å². The normalized spacial score (nSPS) is 13.3. The molecule has 0 saturated heterocycles. The van der Waals surface area contributed by atoms with Gasteiger partial charge >= 0.3 is 0 Å². The number of methoxy groups -OCH3 is 1. The van der Waals surface area contributed by atoms with E-state index < -0.39 is 6.10 Å². The standard InChI is InChI=1S/C7H8Cl2O2S/c1-11-3-5(10)4-2-6(8)12-7(4)9/h2,5,10H,3H2,1H3. The molecule has 0 fully saturated rings. The second-order valence-corrected chi connectivity index (χ2v) is 4.54. The van der Waals surface area contributed by atoms with E-state index in [2.05, 4.69) is 0 Å². The minimum Gasteiger partial charge on any atom is -0.386 e. The minimum atomic E-state index is -0.689. The molecule has 1 aromatic rings. The van der Waals surface area contributed by atoms with Gasteiger partial charge in [-0.2, -0.15) is 0 Å². The monoisotopic (exact) mass is 226 g/mol. The number of ether oxygens (including phenoxy) is 1. The van der Waals surface area contributed by atoms with Gasteiger partial charge < -0.3 is 9.84 Å². The third-order valence-electron chi connectivity index (χ3n) is 1.37. The molecule has 1 unspecified atom stereocenters. The average Bonchev–Trinajstić information content (AvgIpc) is 2.30. The molecule has 0 aliphatic heterocycles. The van der Waals surface area contributed by atoms with Crippen molar-refractivity contribution in [1.29, 1.82) is 0 Å². The molecule has 0 amide bonds. The molecule has 1 atom stereocenters. The molecule has 1 rings (SSSR count). The maximum atomic E-state index is 9.45. The Morgan fingerprint density at radius 1 is 1.67 bits per heavy atom. The molecule has 0 aromatic carbocycles. The Bertz CT molecular complexity index is 262. The fourth-order valence-electron chi connectivity index (χ4n) is 0.828. The Hall–Kier alpha value is 0.200. The number of aliphatic hydroxyl groups excluding tert-OH is 1. The van der Waals surface area contributed by atoms with Crippen molar-refractivity contribution in [2.75, 3.05) is 13.7 Å². The van der Waals surface area contributed by atoms with Gasteiger partial charge in [-0.3, -0.25) is 0 Å². The maximum absolute atomic E-state index is 9.45. The summed E-state index contributed by atoms with van der Waals surface area (Å²) in [6, 6.07) is 1.65. The summed E-state index contributed by atoms with van der Waals surface area (Å²) in [6.07, 6.45) is -0.689. The van der Waals surface area contributed by atoms with E-state index in [0.29, 0.717) is 14.2 Å². The first kappa shape index (κ1) is 10.3. The van der Waals surface area contributed by atoms with Crippen LogP contribution in [0, 0.1) is 0 Å². The van der Waals surface area contributed by atoms with Crippen molar-refractivity contribution in [3.63, 3.8) is 0 Å². The topological polar surface area (TPSA) is 29.5 Å². The van der Waals surface area contributed by atoms with Crippen LogP contribution in [0.25, 0.3) is 0 Å². The minimum absolute atomic E-state index is 0.229. The Morgan fingerprint density at radius 3 is 2.75 bits per heavy atom. The fourth-order valence-corrected chi connectivity index (χ4v) is 2.40. The second kappa shape index (κ2) is 4.44. The van der Waals surface area contributed by atoms with Crippen LogP contribution in [0.3, 0.4) is 0 Å². The third kappa shape index (κ3) is 2.34. The summed E-state index contributed by atoms with van der Waals surface area (Å²) in [7, 11) is 1.52. The van der Waals surface area contributed by atoms with Gasteiger partial charge in [0.15, 0.2) is 0 Å². The zero-order valence-electron chi connectivity index (χ0n) is 6.38. The SMILES string of the molecule is COCC(O)c1cc(Cl)sc1Cl. The zero-order valence-corrected chi connectivity index (χ0v) is 8.71. The van der Waals surface area contributed by atoms with Crippen molar-refractivity contribution in [2.45, 2.75) is 6.10 Å². The van der Waals surface area contributed by atoms with E-state index >= 15 is 0 Å². The van der Waals surface area contributed by atoms with E-state index in [1.165, 1.54) is 18.4 Å². The maximum Gasteiger partial charge on any atom is 0.105 e. The fraction of sp³-hybridized carbons (Fsp3) is 0.429. The molecule has 2 nitrogen and oxygen atoms in total. The van der Waals surface area contributed by atoms with Crippen molar-refractivity contribution in [2.24, 2.45) is 0 Å². The van der Waals surface area contributed by atoms with Crippen molar-refractivity contribution in [1.82, 2.24) is 0 Å². The van der Waals surface area contributed by atoms with Crippen molar-refractivity contribution < 1.29 is 9.84 Å². The summed E-state index contributed by atoms with van der Waals surface area (Å²) in [5.41, 5.74) is 0.633. The molecule has 0 spiro atoms. The van der Waals surface area contributed by atoms with Crippen LogP contribution in [0.15, 0.2) is 6.07 Å². The van der Waals surface area contributed by atoms with Gasteiger partial charge in [0.25, 0.3) is 0 Å². The van der Waals surface area contributed by atoms with E-state index in [1.54, 1.807) is 6.07 Å². The molecule has 68 valence electrons. The lowest BCUT2D eigenvalue weighted by atomic mass is 10.2. The van der Waals surface area contributed by atoms with Gasteiger partial charge in [0.05, 0.1) is 10.9 Å². The number of thiophene rings is 1. The molecule has 5 heteroatoms. The lowest BCUT2D eigenvalue weighted by Crippen LogP contribution is -2.03. The van der Waals surface area contributed by atoms with Gasteiger partial charge in [-0.25, -0.2) is 0 Å². The Kier molecular flexibility index (Phi) is 3.80. The average molecular weight is 227 g/mol. The van der Waals surface area contributed by atoms with Crippen LogP contribution in [-0.4, -0.2) is 18.8 Å². The van der Waals surface area contributed by atoms with Crippen molar-refractivity contribution in [3.8, 4) is 0 Å². The van der Waals surface area contributed by atoms with Gasteiger partial charge in [0.2, 0.25) is 0 Å². The Labute approximate surface area is 84.7 Å². The van der Waals surface area contributed by atoms with Crippen molar-refractivity contribution >= 4 is 34.5 Å². The molecule has 12 heavy (non-hydrogen) atoms. The largest absolute Gasteiger partial charge is 0.386 e. The van der Waals surface area contributed by atoms with Crippen LogP contribution >= 0.6 is 34.5 Å². The quantitative estimate of drug-likeness (QED) is 0.860. The molecule has 0 bridgehead atoms. The van der Waals surface area contributed by atoms with Gasteiger partial charge in [0.1, 0.15) is 10.4 Å². The molecular weight excluding hydrogens is 219 g/mol. The van der Waals surface area contributed by atoms with Gasteiger partial charge in [-0.05, 0) is 6.07 Å². The molecule has 1 aromatic heterocycles. The van der Waals surface area contributed by atoms with Crippen LogP contribution < -0.4 is 0 Å². The van der Waals surface area contributed by atoms with Crippen molar-refractivity contribution in [3.05, 3.63) is 20.3 Å². The van der Waals surface area contributed by atoms with Crippen LogP contribution in [0.5, 0.6) is 0 Å². The highest BCUT2D eigenvalue weighted by atomic mass is 35.5. The lowest BCUT2D eigenvalue weighted by Gasteiger charge is -2.06. The summed E-state index contributed by atoms with van der Waals surface area (Å²) in [6.45, 7) is 0.229. The highest BCUT2D eigenvalue weighted by Crippen LogP contribution is 2.34. The molecule has 0 radical (unpaired) electrons. The van der Waals surface area contributed by atoms with Gasteiger partial charge in [0, 0.05) is 12.7 Å². The summed E-state index contributed by atoms with van der Waals surface area (Å²) < 4.78 is 5.87. The Balaban J connectivity index is 2.79. The van der Waals surface area contributed by atoms with Crippen LogP contribution in [-0.2, 0) is 4.74 Å². The number of rotatable bonds is 3. The number of hydrogen-bond donors (Lipinski definition) is 1. The first-order chi connectivity index (χ1) is 5.65. The summed E-state index contributed by atoms with van der Waals surface area (Å²) in [5, 5.41) is 9.45. The molecule has 0 aliphatic rings. The van der Waals surface area contributed by atoms with Gasteiger partial charge in [-0.1, -0.05) is 23.2 Å². The Morgan fingerprint density at radius 2 is 2.33 bits per heavy atom. The first-order valence-corrected chi connectivity index (χ1v) is 4.84. The first-order valence-electron chi connectivity index (χ1n) is 3.27. The summed E-state index contributed by atoms with van der Waals surface area (Å²) in [5.74, 6) is 0. The third-order valence-corrected chi connectivity index (χ3v) is 2.88. The number of halogens is 2. The number of aliphatic hydroxyl groups is 1.